The van der Waals surface area contributed by atoms with Gasteiger partial charge in [0, 0.05) is 29.3 Å². The quantitative estimate of drug-likeness (QED) is 0.550. The summed E-state index contributed by atoms with van der Waals surface area (Å²) in [6.07, 6.45) is 2.57. The normalized spacial score (nSPS) is 10.8. The van der Waals surface area contributed by atoms with E-state index >= 15 is 0 Å². The molecule has 28 heavy (non-hydrogen) atoms. The van der Waals surface area contributed by atoms with Crippen LogP contribution in [-0.2, 0) is 16.0 Å². The third-order valence-corrected chi connectivity index (χ3v) is 4.26. The number of H-pyrrole nitrogens is 1. The van der Waals surface area contributed by atoms with Crippen LogP contribution in [0.3, 0.4) is 0 Å². The summed E-state index contributed by atoms with van der Waals surface area (Å²) in [4.78, 5) is 27.3. The number of carbonyl (C=O) groups excluding carboxylic acids is 2. The van der Waals surface area contributed by atoms with Gasteiger partial charge in [0.15, 0.2) is 0 Å². The van der Waals surface area contributed by atoms with Gasteiger partial charge in [-0.25, -0.2) is 0 Å². The number of hydrogen-bond donors (Lipinski definition) is 3. The van der Waals surface area contributed by atoms with Crippen LogP contribution in [0.25, 0.3) is 10.9 Å². The van der Waals surface area contributed by atoms with Crippen LogP contribution in [0.1, 0.15) is 19.4 Å². The van der Waals surface area contributed by atoms with Crippen molar-refractivity contribution < 1.29 is 14.3 Å². The molecule has 146 valence electrons. The highest BCUT2D eigenvalue weighted by molar-refractivity contribution is 6.39. The number of aromatic amines is 1. The van der Waals surface area contributed by atoms with Crippen LogP contribution in [0, 0.1) is 5.92 Å². The molecule has 1 heterocycles. The molecule has 3 N–H and O–H groups in total. The van der Waals surface area contributed by atoms with E-state index < -0.39 is 11.8 Å². The van der Waals surface area contributed by atoms with Crippen molar-refractivity contribution in [3.05, 3.63) is 60.3 Å². The van der Waals surface area contributed by atoms with E-state index in [1.54, 1.807) is 24.3 Å². The molecule has 0 bridgehead atoms. The van der Waals surface area contributed by atoms with Gasteiger partial charge >= 0.3 is 11.8 Å². The van der Waals surface area contributed by atoms with E-state index in [0.29, 0.717) is 31.2 Å². The smallest absolute Gasteiger partial charge is 0.313 e. The van der Waals surface area contributed by atoms with Gasteiger partial charge in [0.25, 0.3) is 0 Å². The highest BCUT2D eigenvalue weighted by Crippen LogP contribution is 2.18. The number of nitrogens with one attached hydrogen (secondary N) is 3. The Kier molecular flexibility index (Phi) is 6.32. The summed E-state index contributed by atoms with van der Waals surface area (Å²) in [7, 11) is 0. The number of anilines is 1. The van der Waals surface area contributed by atoms with Gasteiger partial charge in [0.2, 0.25) is 0 Å². The molecule has 0 fully saturated rings. The predicted octanol–water partition coefficient (Wildman–Crippen LogP) is 3.50. The molecule has 0 aliphatic heterocycles. The zero-order chi connectivity index (χ0) is 19.9. The van der Waals surface area contributed by atoms with Crippen LogP contribution < -0.4 is 15.4 Å². The molecule has 0 spiro atoms. The SMILES string of the molecule is CC(C)COc1ccc(NC(=O)C(=O)NCCc2c[nH]c3ccccc23)cc1. The molecule has 2 amide bonds. The molecule has 0 aliphatic rings. The molecule has 3 rings (SSSR count). The summed E-state index contributed by atoms with van der Waals surface area (Å²) in [5, 5.41) is 6.38. The predicted molar refractivity (Wildman–Crippen MR) is 110 cm³/mol. The summed E-state index contributed by atoms with van der Waals surface area (Å²) < 4.78 is 5.60. The number of hydrogen-bond acceptors (Lipinski definition) is 3. The van der Waals surface area contributed by atoms with Crippen molar-refractivity contribution in [2.45, 2.75) is 20.3 Å². The standard InChI is InChI=1S/C22H25N3O3/c1-15(2)14-28-18-9-7-17(8-10-18)25-22(27)21(26)23-12-11-16-13-24-20-6-4-3-5-19(16)20/h3-10,13,15,24H,11-12,14H2,1-2H3,(H,23,26)(H,25,27). The van der Waals surface area contributed by atoms with Gasteiger partial charge in [0.05, 0.1) is 6.61 Å². The minimum Gasteiger partial charge on any atom is -0.493 e. The minimum absolute atomic E-state index is 0.385. The first-order valence-electron chi connectivity index (χ1n) is 9.40. The second-order valence-electron chi connectivity index (χ2n) is 7.05. The first-order chi connectivity index (χ1) is 13.5. The third-order valence-electron chi connectivity index (χ3n) is 4.26. The summed E-state index contributed by atoms with van der Waals surface area (Å²) in [6.45, 7) is 5.16. The van der Waals surface area contributed by atoms with Crippen LogP contribution in [-0.4, -0.2) is 29.9 Å². The van der Waals surface area contributed by atoms with Crippen molar-refractivity contribution in [2.24, 2.45) is 5.92 Å². The van der Waals surface area contributed by atoms with Gasteiger partial charge in [-0.3, -0.25) is 9.59 Å². The lowest BCUT2D eigenvalue weighted by Crippen LogP contribution is -2.36. The largest absolute Gasteiger partial charge is 0.493 e. The van der Waals surface area contributed by atoms with E-state index in [1.165, 1.54) is 0 Å². The number of para-hydroxylation sites is 1. The molecular formula is C22H25N3O3. The van der Waals surface area contributed by atoms with E-state index in [1.807, 2.05) is 30.5 Å². The maximum Gasteiger partial charge on any atom is 0.313 e. The number of carbonyl (C=O) groups is 2. The summed E-state index contributed by atoms with van der Waals surface area (Å²) in [5.41, 5.74) is 2.71. The van der Waals surface area contributed by atoms with E-state index in [-0.39, 0.29) is 0 Å². The Labute approximate surface area is 164 Å². The van der Waals surface area contributed by atoms with E-state index in [2.05, 4.69) is 29.5 Å². The van der Waals surface area contributed by atoms with Crippen molar-refractivity contribution in [2.75, 3.05) is 18.5 Å². The van der Waals surface area contributed by atoms with Crippen LogP contribution in [0.4, 0.5) is 5.69 Å². The summed E-state index contributed by atoms with van der Waals surface area (Å²) in [6, 6.07) is 15.0. The third kappa shape index (κ3) is 5.13. The van der Waals surface area contributed by atoms with E-state index in [0.717, 1.165) is 22.2 Å². The molecule has 6 heteroatoms. The average Bonchev–Trinajstić information content (AvgIpc) is 3.10. The molecule has 6 nitrogen and oxygen atoms in total. The molecule has 3 aromatic rings. The lowest BCUT2D eigenvalue weighted by molar-refractivity contribution is -0.136. The zero-order valence-corrected chi connectivity index (χ0v) is 16.1. The van der Waals surface area contributed by atoms with Gasteiger partial charge in [-0.1, -0.05) is 32.0 Å². The fraction of sp³-hybridized carbons (Fsp3) is 0.273. The van der Waals surface area contributed by atoms with Crippen molar-refractivity contribution in [3.63, 3.8) is 0 Å². The molecule has 2 aromatic carbocycles. The average molecular weight is 379 g/mol. The highest BCUT2D eigenvalue weighted by atomic mass is 16.5. The van der Waals surface area contributed by atoms with Crippen LogP contribution in [0.5, 0.6) is 5.75 Å². The lowest BCUT2D eigenvalue weighted by Gasteiger charge is -2.10. The fourth-order valence-electron chi connectivity index (χ4n) is 2.81. The number of aromatic nitrogens is 1. The van der Waals surface area contributed by atoms with Crippen molar-refractivity contribution in [3.8, 4) is 5.75 Å². The Morgan fingerprint density at radius 2 is 1.79 bits per heavy atom. The highest BCUT2D eigenvalue weighted by Gasteiger charge is 2.13. The molecule has 0 aliphatic carbocycles. The second-order valence-corrected chi connectivity index (χ2v) is 7.05. The Morgan fingerprint density at radius 3 is 2.54 bits per heavy atom. The zero-order valence-electron chi connectivity index (χ0n) is 16.1. The summed E-state index contributed by atoms with van der Waals surface area (Å²) in [5.74, 6) is -0.169. The number of fused-ring (bicyclic) bond motifs is 1. The van der Waals surface area contributed by atoms with Crippen molar-refractivity contribution in [1.29, 1.82) is 0 Å². The molecule has 0 atom stereocenters. The molecule has 0 unspecified atom stereocenters. The Bertz CT molecular complexity index is 945. The van der Waals surface area contributed by atoms with Crippen LogP contribution in [0.15, 0.2) is 54.7 Å². The van der Waals surface area contributed by atoms with Gasteiger partial charge < -0.3 is 20.4 Å². The van der Waals surface area contributed by atoms with Gasteiger partial charge in [0.1, 0.15) is 5.75 Å². The summed E-state index contributed by atoms with van der Waals surface area (Å²) >= 11 is 0. The first kappa shape index (κ1) is 19.5. The Balaban J connectivity index is 1.46. The van der Waals surface area contributed by atoms with Crippen molar-refractivity contribution >= 4 is 28.4 Å². The minimum atomic E-state index is -0.685. The fourth-order valence-corrected chi connectivity index (χ4v) is 2.81. The molecule has 1 aromatic heterocycles. The van der Waals surface area contributed by atoms with Gasteiger partial charge in [-0.2, -0.15) is 0 Å². The van der Waals surface area contributed by atoms with Gasteiger partial charge in [-0.15, -0.1) is 0 Å². The van der Waals surface area contributed by atoms with E-state index in [4.69, 9.17) is 4.74 Å². The number of ether oxygens (including phenoxy) is 1. The maximum atomic E-state index is 12.1. The molecule has 0 saturated heterocycles. The Hall–Kier alpha value is -3.28. The monoisotopic (exact) mass is 379 g/mol. The van der Waals surface area contributed by atoms with Crippen LogP contribution >= 0.6 is 0 Å². The maximum absolute atomic E-state index is 12.1. The molecule has 0 radical (unpaired) electrons. The second kappa shape index (κ2) is 9.08. The number of benzene rings is 2. The van der Waals surface area contributed by atoms with Gasteiger partial charge in [-0.05, 0) is 48.2 Å². The molecule has 0 saturated carbocycles. The Morgan fingerprint density at radius 1 is 1.04 bits per heavy atom. The van der Waals surface area contributed by atoms with E-state index in [9.17, 15) is 9.59 Å². The van der Waals surface area contributed by atoms with Crippen molar-refractivity contribution in [1.82, 2.24) is 10.3 Å². The molecular weight excluding hydrogens is 354 g/mol. The first-order valence-corrected chi connectivity index (χ1v) is 9.40. The lowest BCUT2D eigenvalue weighted by atomic mass is 10.1. The van der Waals surface area contributed by atoms with Crippen LogP contribution in [0.2, 0.25) is 0 Å². The number of amides is 2. The number of rotatable bonds is 7. The topological polar surface area (TPSA) is 83.2 Å².